The molecule has 2 aromatic rings. The Morgan fingerprint density at radius 2 is 1.56 bits per heavy atom. The first kappa shape index (κ1) is 27.9. The van der Waals surface area contributed by atoms with Gasteiger partial charge in [0.1, 0.15) is 11.5 Å². The lowest BCUT2D eigenvalue weighted by Gasteiger charge is -2.35. The van der Waals surface area contributed by atoms with Crippen molar-refractivity contribution in [3.63, 3.8) is 0 Å². The summed E-state index contributed by atoms with van der Waals surface area (Å²) in [6, 6.07) is 9.66. The van der Waals surface area contributed by atoms with Crippen molar-refractivity contribution in [3.05, 3.63) is 58.6 Å². The van der Waals surface area contributed by atoms with Gasteiger partial charge < -0.3 is 19.6 Å². The van der Waals surface area contributed by atoms with Crippen LogP contribution in [0.4, 0.5) is 9.59 Å². The monoisotopic (exact) mass is 520 g/mol. The third kappa shape index (κ3) is 7.87. The van der Waals surface area contributed by atoms with Crippen LogP contribution in [0.25, 0.3) is 0 Å². The molecule has 36 heavy (non-hydrogen) atoms. The van der Waals surface area contributed by atoms with Crippen molar-refractivity contribution in [2.45, 2.75) is 33.2 Å². The summed E-state index contributed by atoms with van der Waals surface area (Å²) in [4.78, 5) is 64.4. The normalized spacial score (nSPS) is 10.5. The second kappa shape index (κ2) is 11.9. The van der Waals surface area contributed by atoms with Gasteiger partial charge in [-0.25, -0.2) is 14.6 Å². The average molecular weight is 521 g/mol. The van der Waals surface area contributed by atoms with Gasteiger partial charge in [-0.15, -0.1) is 5.48 Å². The molecule has 0 heterocycles. The van der Waals surface area contributed by atoms with Crippen LogP contribution in [0, 0.1) is 0 Å². The van der Waals surface area contributed by atoms with Gasteiger partial charge in [0.05, 0.1) is 16.1 Å². The van der Waals surface area contributed by atoms with Crippen LogP contribution >= 0.6 is 11.6 Å². The van der Waals surface area contributed by atoms with Gasteiger partial charge in [0.2, 0.25) is 0 Å². The minimum absolute atomic E-state index is 0.0105. The predicted molar refractivity (Wildman–Crippen MR) is 127 cm³/mol. The van der Waals surface area contributed by atoms with Crippen molar-refractivity contribution in [2.75, 3.05) is 7.05 Å². The molecule has 0 fully saturated rings. The SMILES string of the molecule is CNC(=O)Oc1cccc(C(=O)NN(C(=O)c2ccc(OC(=O)NOC(C)=O)cc2Cl)C(C)(C)C)c1. The maximum Gasteiger partial charge on any atom is 0.446 e. The first-order valence-corrected chi connectivity index (χ1v) is 10.8. The molecular weight excluding hydrogens is 496 g/mol. The molecule has 0 saturated carbocycles. The molecule has 192 valence electrons. The topological polar surface area (TPSA) is 152 Å². The summed E-state index contributed by atoms with van der Waals surface area (Å²) in [5.74, 6) is -1.93. The lowest BCUT2D eigenvalue weighted by Crippen LogP contribution is -2.56. The number of rotatable bonds is 4. The van der Waals surface area contributed by atoms with Crippen molar-refractivity contribution < 1.29 is 38.3 Å². The Kier molecular flexibility index (Phi) is 9.22. The van der Waals surface area contributed by atoms with E-state index >= 15 is 0 Å². The predicted octanol–water partition coefficient (Wildman–Crippen LogP) is 3.21. The minimum atomic E-state index is -1.08. The zero-order valence-electron chi connectivity index (χ0n) is 20.1. The van der Waals surface area contributed by atoms with Gasteiger partial charge in [0.15, 0.2) is 0 Å². The highest BCUT2D eigenvalue weighted by Gasteiger charge is 2.31. The quantitative estimate of drug-likeness (QED) is 0.519. The Morgan fingerprint density at radius 1 is 0.917 bits per heavy atom. The number of ether oxygens (including phenoxy) is 2. The number of halogens is 1. The van der Waals surface area contributed by atoms with Crippen LogP contribution in [-0.2, 0) is 9.63 Å². The molecular formula is C23H25ClN4O8. The highest BCUT2D eigenvalue weighted by atomic mass is 35.5. The summed E-state index contributed by atoms with van der Waals surface area (Å²) < 4.78 is 9.96. The summed E-state index contributed by atoms with van der Waals surface area (Å²) in [6.07, 6.45) is -1.78. The van der Waals surface area contributed by atoms with Crippen molar-refractivity contribution in [2.24, 2.45) is 0 Å². The zero-order valence-corrected chi connectivity index (χ0v) is 20.9. The van der Waals surface area contributed by atoms with Gasteiger partial charge in [-0.3, -0.25) is 19.8 Å². The first-order valence-electron chi connectivity index (χ1n) is 10.4. The Morgan fingerprint density at radius 3 is 2.14 bits per heavy atom. The number of nitrogens with zero attached hydrogens (tertiary/aromatic N) is 1. The molecule has 0 aliphatic rings. The van der Waals surface area contributed by atoms with Crippen molar-refractivity contribution >= 4 is 41.6 Å². The van der Waals surface area contributed by atoms with Gasteiger partial charge in [0, 0.05) is 25.6 Å². The largest absolute Gasteiger partial charge is 0.446 e. The van der Waals surface area contributed by atoms with E-state index in [1.807, 2.05) is 0 Å². The average Bonchev–Trinajstić information content (AvgIpc) is 2.80. The van der Waals surface area contributed by atoms with Gasteiger partial charge in [-0.1, -0.05) is 17.7 Å². The lowest BCUT2D eigenvalue weighted by atomic mass is 10.1. The van der Waals surface area contributed by atoms with Gasteiger partial charge >= 0.3 is 18.2 Å². The van der Waals surface area contributed by atoms with E-state index in [-0.39, 0.29) is 27.6 Å². The number of carbonyl (C=O) groups excluding carboxylic acids is 5. The number of hydroxylamine groups is 1. The molecule has 0 aromatic heterocycles. The molecule has 0 saturated heterocycles. The van der Waals surface area contributed by atoms with E-state index in [2.05, 4.69) is 15.6 Å². The van der Waals surface area contributed by atoms with Crippen LogP contribution in [0.15, 0.2) is 42.5 Å². The molecule has 0 aliphatic carbocycles. The van der Waals surface area contributed by atoms with Crippen LogP contribution in [0.1, 0.15) is 48.4 Å². The number of hydrazine groups is 1. The number of hydrogen-bond donors (Lipinski definition) is 3. The molecule has 2 aromatic carbocycles. The summed E-state index contributed by atoms with van der Waals surface area (Å²) in [5.41, 5.74) is 3.58. The van der Waals surface area contributed by atoms with Crippen molar-refractivity contribution in [3.8, 4) is 11.5 Å². The molecule has 12 nitrogen and oxygen atoms in total. The number of nitrogens with one attached hydrogen (secondary N) is 3. The fourth-order valence-electron chi connectivity index (χ4n) is 2.64. The molecule has 0 radical (unpaired) electrons. The number of carbonyl (C=O) groups is 5. The summed E-state index contributed by atoms with van der Waals surface area (Å²) in [7, 11) is 1.40. The smallest absolute Gasteiger partial charge is 0.410 e. The highest BCUT2D eigenvalue weighted by molar-refractivity contribution is 6.34. The van der Waals surface area contributed by atoms with Gasteiger partial charge in [-0.2, -0.15) is 0 Å². The van der Waals surface area contributed by atoms with Gasteiger partial charge in [0.25, 0.3) is 11.8 Å². The Labute approximate surface area is 211 Å². The molecule has 0 aliphatic heterocycles. The fraction of sp³-hybridized carbons (Fsp3) is 0.261. The maximum atomic E-state index is 13.3. The van der Waals surface area contributed by atoms with E-state index < -0.39 is 35.5 Å². The number of benzene rings is 2. The molecule has 13 heteroatoms. The molecule has 3 N–H and O–H groups in total. The van der Waals surface area contributed by atoms with Crippen molar-refractivity contribution in [1.29, 1.82) is 0 Å². The number of hydrogen-bond acceptors (Lipinski definition) is 8. The second-order valence-electron chi connectivity index (χ2n) is 8.15. The molecule has 2 rings (SSSR count). The van der Waals surface area contributed by atoms with E-state index in [0.29, 0.717) is 0 Å². The summed E-state index contributed by atoms with van der Waals surface area (Å²) >= 11 is 6.25. The minimum Gasteiger partial charge on any atom is -0.410 e. The van der Waals surface area contributed by atoms with E-state index in [4.69, 9.17) is 21.1 Å². The Hall–Kier alpha value is -4.32. The highest BCUT2D eigenvalue weighted by Crippen LogP contribution is 2.26. The van der Waals surface area contributed by atoms with E-state index in [0.717, 1.165) is 11.9 Å². The fourth-order valence-corrected chi connectivity index (χ4v) is 2.89. The third-order valence-corrected chi connectivity index (χ3v) is 4.57. The van der Waals surface area contributed by atoms with E-state index in [1.165, 1.54) is 49.5 Å². The van der Waals surface area contributed by atoms with Crippen LogP contribution < -0.4 is 25.7 Å². The lowest BCUT2D eigenvalue weighted by molar-refractivity contribution is -0.146. The summed E-state index contributed by atoms with van der Waals surface area (Å²) in [5, 5.41) is 3.33. The number of amides is 4. The molecule has 0 spiro atoms. The second-order valence-corrected chi connectivity index (χ2v) is 8.55. The molecule has 4 amide bonds. The molecule has 0 atom stereocenters. The first-order chi connectivity index (χ1) is 16.8. The third-order valence-electron chi connectivity index (χ3n) is 4.26. The van der Waals surface area contributed by atoms with Crippen LogP contribution in [-0.4, -0.2) is 47.6 Å². The van der Waals surface area contributed by atoms with Crippen molar-refractivity contribution in [1.82, 2.24) is 21.2 Å². The van der Waals surface area contributed by atoms with Gasteiger partial charge in [-0.05, 0) is 51.1 Å². The van der Waals surface area contributed by atoms with Crippen LogP contribution in [0.2, 0.25) is 5.02 Å². The van der Waals surface area contributed by atoms with E-state index in [1.54, 1.807) is 26.3 Å². The zero-order chi connectivity index (χ0) is 27.0. The van der Waals surface area contributed by atoms with Crippen LogP contribution in [0.5, 0.6) is 11.5 Å². The van der Waals surface area contributed by atoms with Crippen LogP contribution in [0.3, 0.4) is 0 Å². The maximum absolute atomic E-state index is 13.3. The standard InChI is InChI=1S/C23H25ClN4O8/c1-13(29)36-27-22(33)35-16-9-10-17(18(24)12-16)20(31)28(23(2,3)4)26-19(30)14-7-6-8-15(11-14)34-21(32)25-5/h6-12H,1-5H3,(H,25,32)(H,26,30)(H,27,33). The molecule has 0 bridgehead atoms. The Bertz CT molecular complexity index is 1180. The Balaban J connectivity index is 2.22. The van der Waals surface area contributed by atoms with E-state index in [9.17, 15) is 24.0 Å². The molecule has 0 unspecified atom stereocenters. The summed E-state index contributed by atoms with van der Waals surface area (Å²) in [6.45, 7) is 6.18.